The molecule has 0 aromatic carbocycles. The summed E-state index contributed by atoms with van der Waals surface area (Å²) in [6.07, 6.45) is 4.94. The van der Waals surface area contributed by atoms with Gasteiger partial charge in [0.2, 0.25) is 0 Å². The zero-order chi connectivity index (χ0) is 9.94. The van der Waals surface area contributed by atoms with Crippen molar-refractivity contribution in [3.63, 3.8) is 0 Å². The van der Waals surface area contributed by atoms with Crippen LogP contribution in [0, 0.1) is 11.8 Å². The lowest BCUT2D eigenvalue weighted by molar-refractivity contribution is -0.136. The van der Waals surface area contributed by atoms with Gasteiger partial charge in [0.25, 0.3) is 0 Å². The third-order valence-corrected chi connectivity index (χ3v) is 1.55. The second-order valence-electron chi connectivity index (χ2n) is 2.89. The van der Waals surface area contributed by atoms with E-state index in [-0.39, 0.29) is 5.97 Å². The Morgan fingerprint density at radius 1 is 1.23 bits per heavy atom. The van der Waals surface area contributed by atoms with E-state index in [1.165, 1.54) is 0 Å². The zero-order valence-corrected chi connectivity index (χ0v) is 8.56. The largest absolute Gasteiger partial charge is 0.456 e. The fraction of sp³-hybridized carbons (Fsp3) is 0.727. The summed E-state index contributed by atoms with van der Waals surface area (Å²) in [5.41, 5.74) is 0. The first-order valence-electron chi connectivity index (χ1n) is 4.96. The van der Waals surface area contributed by atoms with Crippen LogP contribution in [-0.4, -0.2) is 12.6 Å². The summed E-state index contributed by atoms with van der Waals surface area (Å²) in [4.78, 5) is 10.9. The van der Waals surface area contributed by atoms with Crippen LogP contribution in [0.1, 0.15) is 46.0 Å². The highest BCUT2D eigenvalue weighted by molar-refractivity contribution is 5.88. The summed E-state index contributed by atoms with van der Waals surface area (Å²) in [6.45, 7) is 4.65. The Bertz CT molecular complexity index is 186. The van der Waals surface area contributed by atoms with Crippen molar-refractivity contribution in [3.05, 3.63) is 0 Å². The minimum atomic E-state index is -0.385. The van der Waals surface area contributed by atoms with Crippen molar-refractivity contribution in [2.45, 2.75) is 46.0 Å². The number of rotatable bonds is 5. The third-order valence-electron chi connectivity index (χ3n) is 1.55. The van der Waals surface area contributed by atoms with Crippen LogP contribution in [0.2, 0.25) is 0 Å². The first kappa shape index (κ1) is 12.0. The molecule has 0 amide bonds. The number of carbonyl (C=O) groups excluding carboxylic acids is 1. The molecule has 0 unspecified atom stereocenters. The molecule has 0 radical (unpaired) electrons. The molecule has 0 aliphatic heterocycles. The highest BCUT2D eigenvalue weighted by atomic mass is 16.5. The number of carbonyl (C=O) groups is 1. The molecule has 0 saturated heterocycles. The molecule has 0 N–H and O–H groups in total. The van der Waals surface area contributed by atoms with Gasteiger partial charge < -0.3 is 4.74 Å². The number of esters is 1. The van der Waals surface area contributed by atoms with Crippen molar-refractivity contribution in [2.24, 2.45) is 0 Å². The second kappa shape index (κ2) is 9.12. The summed E-state index contributed by atoms with van der Waals surface area (Å²) in [6, 6.07) is 0. The molecule has 0 heterocycles. The van der Waals surface area contributed by atoms with Gasteiger partial charge in [0.05, 0.1) is 6.61 Å². The Hall–Kier alpha value is -0.970. The molecule has 0 fully saturated rings. The van der Waals surface area contributed by atoms with Gasteiger partial charge in [-0.3, -0.25) is 0 Å². The Balaban J connectivity index is 3.36. The van der Waals surface area contributed by atoms with Crippen LogP contribution in [0.3, 0.4) is 0 Å². The molecule has 2 heteroatoms. The monoisotopic (exact) mass is 182 g/mol. The lowest BCUT2D eigenvalue weighted by Gasteiger charge is -1.98. The molecule has 0 aromatic rings. The molecule has 0 atom stereocenters. The van der Waals surface area contributed by atoms with Gasteiger partial charge in [-0.25, -0.2) is 4.79 Å². The van der Waals surface area contributed by atoms with Crippen LogP contribution in [0.25, 0.3) is 0 Å². The summed E-state index contributed by atoms with van der Waals surface area (Å²) in [5.74, 6) is 4.82. The molecular weight excluding hydrogens is 164 g/mol. The number of hydrogen-bond acceptors (Lipinski definition) is 2. The summed E-state index contributed by atoms with van der Waals surface area (Å²) >= 11 is 0. The lowest BCUT2D eigenvalue weighted by Crippen LogP contribution is -2.02. The predicted molar refractivity (Wildman–Crippen MR) is 53.2 cm³/mol. The number of ether oxygens (including phenoxy) is 1. The van der Waals surface area contributed by atoms with E-state index >= 15 is 0 Å². The maximum Gasteiger partial charge on any atom is 0.384 e. The van der Waals surface area contributed by atoms with E-state index in [1.54, 1.807) is 0 Å². The number of unbranched alkanes of at least 4 members (excludes halogenated alkanes) is 3. The van der Waals surface area contributed by atoms with Crippen LogP contribution < -0.4 is 0 Å². The Morgan fingerprint density at radius 2 is 2.00 bits per heavy atom. The predicted octanol–water partition coefficient (Wildman–Crippen LogP) is 2.52. The molecule has 74 valence electrons. The summed E-state index contributed by atoms with van der Waals surface area (Å²) in [7, 11) is 0. The molecule has 0 bridgehead atoms. The Kier molecular flexibility index (Phi) is 8.44. The summed E-state index contributed by atoms with van der Waals surface area (Å²) in [5, 5.41) is 0. The van der Waals surface area contributed by atoms with E-state index in [2.05, 4.69) is 18.8 Å². The first-order valence-corrected chi connectivity index (χ1v) is 4.96. The quantitative estimate of drug-likeness (QED) is 0.282. The van der Waals surface area contributed by atoms with Gasteiger partial charge in [-0.1, -0.05) is 32.6 Å². The maximum atomic E-state index is 10.9. The molecule has 13 heavy (non-hydrogen) atoms. The lowest BCUT2D eigenvalue weighted by atomic mass is 10.3. The van der Waals surface area contributed by atoms with E-state index in [0.717, 1.165) is 32.1 Å². The van der Waals surface area contributed by atoms with Gasteiger partial charge in [0, 0.05) is 12.3 Å². The van der Waals surface area contributed by atoms with Crippen LogP contribution >= 0.6 is 0 Å². The average Bonchev–Trinajstić information content (AvgIpc) is 2.13. The Labute approximate surface area is 80.7 Å². The van der Waals surface area contributed by atoms with Crippen molar-refractivity contribution in [1.29, 1.82) is 0 Å². The highest BCUT2D eigenvalue weighted by Crippen LogP contribution is 1.94. The van der Waals surface area contributed by atoms with Gasteiger partial charge in [-0.2, -0.15) is 0 Å². The smallest absolute Gasteiger partial charge is 0.384 e. The fourth-order valence-electron chi connectivity index (χ4n) is 0.813. The molecule has 0 spiro atoms. The Morgan fingerprint density at radius 3 is 2.62 bits per heavy atom. The average molecular weight is 182 g/mol. The first-order chi connectivity index (χ1) is 6.31. The minimum absolute atomic E-state index is 0.385. The summed E-state index contributed by atoms with van der Waals surface area (Å²) < 4.78 is 4.88. The molecule has 0 saturated carbocycles. The van der Waals surface area contributed by atoms with Gasteiger partial charge >= 0.3 is 5.97 Å². The van der Waals surface area contributed by atoms with Gasteiger partial charge in [0.1, 0.15) is 0 Å². The minimum Gasteiger partial charge on any atom is -0.456 e. The van der Waals surface area contributed by atoms with Crippen molar-refractivity contribution >= 4 is 5.97 Å². The maximum absolute atomic E-state index is 10.9. The molecular formula is C11H18O2. The van der Waals surface area contributed by atoms with Gasteiger partial charge in [0.15, 0.2) is 0 Å². The molecule has 0 rings (SSSR count). The molecule has 0 aromatic heterocycles. The van der Waals surface area contributed by atoms with Crippen molar-refractivity contribution in [3.8, 4) is 11.8 Å². The van der Waals surface area contributed by atoms with Crippen molar-refractivity contribution in [2.75, 3.05) is 6.61 Å². The van der Waals surface area contributed by atoms with Gasteiger partial charge in [-0.15, -0.1) is 0 Å². The highest BCUT2D eigenvalue weighted by Gasteiger charge is 1.94. The third kappa shape index (κ3) is 8.94. The van der Waals surface area contributed by atoms with Gasteiger partial charge in [-0.05, 0) is 12.8 Å². The van der Waals surface area contributed by atoms with Crippen LogP contribution in [0.4, 0.5) is 0 Å². The molecule has 0 aliphatic carbocycles. The van der Waals surface area contributed by atoms with E-state index in [9.17, 15) is 4.79 Å². The fourth-order valence-corrected chi connectivity index (χ4v) is 0.813. The normalized spacial score (nSPS) is 8.77. The van der Waals surface area contributed by atoms with Crippen LogP contribution in [0.5, 0.6) is 0 Å². The van der Waals surface area contributed by atoms with E-state index in [0.29, 0.717) is 6.61 Å². The molecule has 0 aliphatic rings. The zero-order valence-electron chi connectivity index (χ0n) is 8.56. The van der Waals surface area contributed by atoms with Crippen LogP contribution in [0.15, 0.2) is 0 Å². The van der Waals surface area contributed by atoms with E-state index < -0.39 is 0 Å². The van der Waals surface area contributed by atoms with E-state index in [4.69, 9.17) is 4.74 Å². The SMILES string of the molecule is CCCC#CC(=O)OCCCCC. The second-order valence-corrected chi connectivity index (χ2v) is 2.89. The van der Waals surface area contributed by atoms with Crippen molar-refractivity contribution in [1.82, 2.24) is 0 Å². The molecule has 2 nitrogen and oxygen atoms in total. The van der Waals surface area contributed by atoms with Crippen LogP contribution in [-0.2, 0) is 9.53 Å². The van der Waals surface area contributed by atoms with E-state index in [1.807, 2.05) is 6.92 Å². The standard InChI is InChI=1S/C11H18O2/c1-3-5-7-9-11(12)13-10-8-6-4-2/h3-6,8,10H2,1-2H3. The topological polar surface area (TPSA) is 26.3 Å². The van der Waals surface area contributed by atoms with Crippen molar-refractivity contribution < 1.29 is 9.53 Å². The number of hydrogen-bond donors (Lipinski definition) is 0.